The minimum atomic E-state index is -3.88. The highest BCUT2D eigenvalue weighted by molar-refractivity contribution is 9.10. The Labute approximate surface area is 182 Å². The maximum Gasteiger partial charge on any atom is 0.261 e. The van der Waals surface area contributed by atoms with Crippen LogP contribution in [0.1, 0.15) is 46.4 Å². The quantitative estimate of drug-likeness (QED) is 0.521. The van der Waals surface area contributed by atoms with E-state index in [9.17, 15) is 13.2 Å². The van der Waals surface area contributed by atoms with E-state index in [0.717, 1.165) is 18.4 Å². The molecule has 1 heterocycles. The highest BCUT2D eigenvalue weighted by atomic mass is 79.9. The highest BCUT2D eigenvalue weighted by Crippen LogP contribution is 2.38. The Bertz CT molecular complexity index is 1210. The fourth-order valence-electron chi connectivity index (χ4n) is 2.83. The zero-order chi connectivity index (χ0) is 21.3. The minimum Gasteiger partial charge on any atom is -0.343 e. The van der Waals surface area contributed by atoms with Crippen molar-refractivity contribution >= 4 is 37.5 Å². The lowest BCUT2D eigenvalue weighted by Gasteiger charge is -2.11. The number of amides is 1. The zero-order valence-corrected chi connectivity index (χ0v) is 18.5. The minimum absolute atomic E-state index is 0.0163. The lowest BCUT2D eigenvalue weighted by Crippen LogP contribution is -2.23. The van der Waals surface area contributed by atoms with Crippen molar-refractivity contribution in [1.29, 1.82) is 0 Å². The molecule has 8 nitrogen and oxygen atoms in total. The van der Waals surface area contributed by atoms with Crippen LogP contribution in [0, 0.1) is 6.92 Å². The fourth-order valence-corrected chi connectivity index (χ4v) is 4.42. The number of carbonyl (C=O) groups is 1. The number of rotatable bonds is 7. The first-order valence-electron chi connectivity index (χ1n) is 9.31. The van der Waals surface area contributed by atoms with Gasteiger partial charge in [0.2, 0.25) is 5.89 Å². The number of carbonyl (C=O) groups excluding carboxylic acids is 1. The highest BCUT2D eigenvalue weighted by Gasteiger charge is 2.28. The second-order valence-corrected chi connectivity index (χ2v) is 9.66. The second-order valence-electron chi connectivity index (χ2n) is 7.12. The molecule has 4 rings (SSSR count). The summed E-state index contributed by atoms with van der Waals surface area (Å²) in [5.41, 5.74) is 1.55. The molecule has 1 aliphatic carbocycles. The Kier molecular flexibility index (Phi) is 5.61. The van der Waals surface area contributed by atoms with Crippen molar-refractivity contribution in [2.24, 2.45) is 0 Å². The van der Waals surface area contributed by atoms with Crippen LogP contribution in [0.2, 0.25) is 0 Å². The van der Waals surface area contributed by atoms with Crippen LogP contribution in [0.4, 0.5) is 5.69 Å². The normalized spacial score (nSPS) is 13.8. The van der Waals surface area contributed by atoms with Gasteiger partial charge in [-0.2, -0.15) is 4.98 Å². The Balaban J connectivity index is 1.46. The number of halogens is 1. The third kappa shape index (κ3) is 4.71. The molecule has 2 N–H and O–H groups in total. The number of aromatic nitrogens is 2. The van der Waals surface area contributed by atoms with Gasteiger partial charge in [-0.15, -0.1) is 0 Å². The third-order valence-electron chi connectivity index (χ3n) is 4.60. The molecule has 1 fully saturated rings. The molecule has 0 spiro atoms. The van der Waals surface area contributed by atoms with E-state index in [1.165, 1.54) is 18.2 Å². The van der Waals surface area contributed by atoms with Gasteiger partial charge in [0.05, 0.1) is 17.1 Å². The number of benzene rings is 2. The van der Waals surface area contributed by atoms with Crippen LogP contribution in [-0.4, -0.2) is 24.5 Å². The van der Waals surface area contributed by atoms with Gasteiger partial charge in [0, 0.05) is 16.0 Å². The molecule has 0 atom stereocenters. The van der Waals surface area contributed by atoms with Gasteiger partial charge < -0.3 is 9.84 Å². The smallest absolute Gasteiger partial charge is 0.261 e. The van der Waals surface area contributed by atoms with Gasteiger partial charge in [-0.1, -0.05) is 17.3 Å². The molecule has 0 saturated heterocycles. The number of hydrogen-bond donors (Lipinski definition) is 2. The summed E-state index contributed by atoms with van der Waals surface area (Å²) in [4.78, 5) is 16.7. The summed E-state index contributed by atoms with van der Waals surface area (Å²) >= 11 is 3.34. The molecule has 0 bridgehead atoms. The molecular formula is C20H19BrN4O4S. The van der Waals surface area contributed by atoms with Crippen LogP contribution in [0.15, 0.2) is 56.4 Å². The number of aryl methyl sites for hydroxylation is 1. The summed E-state index contributed by atoms with van der Waals surface area (Å²) in [7, 11) is -3.88. The number of sulfonamides is 1. The number of anilines is 1. The predicted molar refractivity (Wildman–Crippen MR) is 114 cm³/mol. The zero-order valence-electron chi connectivity index (χ0n) is 16.1. The summed E-state index contributed by atoms with van der Waals surface area (Å²) in [6, 6.07) is 11.2. The monoisotopic (exact) mass is 490 g/mol. The van der Waals surface area contributed by atoms with E-state index in [0.29, 0.717) is 27.8 Å². The number of nitrogens with zero attached hydrogens (tertiary/aromatic N) is 2. The van der Waals surface area contributed by atoms with Gasteiger partial charge in [0.25, 0.3) is 15.9 Å². The lowest BCUT2D eigenvalue weighted by atomic mass is 10.2. The van der Waals surface area contributed by atoms with Gasteiger partial charge in [0.1, 0.15) is 0 Å². The topological polar surface area (TPSA) is 114 Å². The van der Waals surface area contributed by atoms with E-state index < -0.39 is 15.9 Å². The number of hydrogen-bond acceptors (Lipinski definition) is 6. The summed E-state index contributed by atoms with van der Waals surface area (Å²) < 4.78 is 33.9. The van der Waals surface area contributed by atoms with Crippen LogP contribution < -0.4 is 10.0 Å². The Morgan fingerprint density at radius 3 is 2.80 bits per heavy atom. The van der Waals surface area contributed by atoms with Crippen LogP contribution >= 0.6 is 15.9 Å². The maximum atomic E-state index is 12.8. The van der Waals surface area contributed by atoms with Gasteiger partial charge in [0.15, 0.2) is 5.82 Å². The van der Waals surface area contributed by atoms with E-state index >= 15 is 0 Å². The van der Waals surface area contributed by atoms with Gasteiger partial charge in [-0.25, -0.2) is 8.42 Å². The summed E-state index contributed by atoms with van der Waals surface area (Å²) in [6.07, 6.45) is 2.11. The molecule has 0 aliphatic heterocycles. The molecule has 156 valence electrons. The van der Waals surface area contributed by atoms with Crippen molar-refractivity contribution in [2.45, 2.75) is 37.1 Å². The van der Waals surface area contributed by atoms with Crippen molar-refractivity contribution in [3.63, 3.8) is 0 Å². The molecule has 30 heavy (non-hydrogen) atoms. The van der Waals surface area contributed by atoms with Crippen molar-refractivity contribution in [3.05, 3.63) is 69.8 Å². The first kappa shape index (κ1) is 20.5. The van der Waals surface area contributed by atoms with Gasteiger partial charge in [-0.3, -0.25) is 9.52 Å². The molecular weight excluding hydrogens is 472 g/mol. The van der Waals surface area contributed by atoms with Crippen LogP contribution in [0.25, 0.3) is 0 Å². The van der Waals surface area contributed by atoms with E-state index in [1.54, 1.807) is 18.2 Å². The third-order valence-corrected chi connectivity index (χ3v) is 6.65. The molecule has 3 aromatic rings. The summed E-state index contributed by atoms with van der Waals surface area (Å²) in [6.45, 7) is 1.94. The molecule has 2 aromatic carbocycles. The second kappa shape index (κ2) is 8.19. The van der Waals surface area contributed by atoms with Gasteiger partial charge in [-0.05, 0) is 71.6 Å². The van der Waals surface area contributed by atoms with Crippen molar-refractivity contribution in [1.82, 2.24) is 15.5 Å². The predicted octanol–water partition coefficient (Wildman–Crippen LogP) is 3.75. The first-order chi connectivity index (χ1) is 14.3. The largest absolute Gasteiger partial charge is 0.343 e. The van der Waals surface area contributed by atoms with E-state index in [2.05, 4.69) is 36.1 Å². The number of nitrogens with one attached hydrogen (secondary N) is 2. The fraction of sp³-hybridized carbons (Fsp3) is 0.250. The van der Waals surface area contributed by atoms with Crippen molar-refractivity contribution in [3.8, 4) is 0 Å². The summed E-state index contributed by atoms with van der Waals surface area (Å²) in [5, 5.41) is 6.57. The Morgan fingerprint density at radius 2 is 2.03 bits per heavy atom. The first-order valence-corrected chi connectivity index (χ1v) is 11.6. The van der Waals surface area contributed by atoms with Crippen LogP contribution in [0.3, 0.4) is 0 Å². The average molecular weight is 491 g/mol. The van der Waals surface area contributed by atoms with E-state index in [1.807, 2.05) is 13.0 Å². The molecule has 1 saturated carbocycles. The van der Waals surface area contributed by atoms with E-state index in [4.69, 9.17) is 4.52 Å². The molecule has 1 amide bonds. The lowest BCUT2D eigenvalue weighted by molar-refractivity contribution is 0.0946. The standard InChI is InChI=1S/C20H19BrN4O4S/c1-12-5-8-16(21)17(9-12)25-30(27,28)15-4-2-3-14(10-15)20(26)22-11-18-23-19(24-29-18)13-6-7-13/h2-5,8-10,13,25H,6-7,11H2,1H3,(H,22,26). The molecule has 10 heteroatoms. The molecule has 1 aliphatic rings. The van der Waals surface area contributed by atoms with E-state index in [-0.39, 0.29) is 17.0 Å². The molecule has 1 aromatic heterocycles. The average Bonchev–Trinajstić information content (AvgIpc) is 3.47. The van der Waals surface area contributed by atoms with Crippen molar-refractivity contribution in [2.75, 3.05) is 4.72 Å². The van der Waals surface area contributed by atoms with Crippen LogP contribution in [0.5, 0.6) is 0 Å². The SMILES string of the molecule is Cc1ccc(Br)c(NS(=O)(=O)c2cccc(C(=O)NCc3nc(C4CC4)no3)c2)c1. The Hall–Kier alpha value is -2.72. The molecule has 0 unspecified atom stereocenters. The maximum absolute atomic E-state index is 12.8. The van der Waals surface area contributed by atoms with Crippen molar-refractivity contribution < 1.29 is 17.7 Å². The molecule has 0 radical (unpaired) electrons. The Morgan fingerprint density at radius 1 is 1.23 bits per heavy atom. The van der Waals surface area contributed by atoms with Gasteiger partial charge >= 0.3 is 0 Å². The van der Waals surface area contributed by atoms with Crippen LogP contribution in [-0.2, 0) is 16.6 Å². The summed E-state index contributed by atoms with van der Waals surface area (Å²) in [5.74, 6) is 0.914.